The number of hydrogen-bond acceptors (Lipinski definition) is 8. The quantitative estimate of drug-likeness (QED) is 0.646. The van der Waals surface area contributed by atoms with Gasteiger partial charge in [0.1, 0.15) is 0 Å². The summed E-state index contributed by atoms with van der Waals surface area (Å²) < 4.78 is 31.8. The van der Waals surface area contributed by atoms with Gasteiger partial charge in [-0.3, -0.25) is 0 Å². The molecule has 0 radical (unpaired) electrons. The second-order valence-corrected chi connectivity index (χ2v) is 7.32. The van der Waals surface area contributed by atoms with Crippen LogP contribution < -0.4 is 19.7 Å². The molecule has 0 unspecified atom stereocenters. The van der Waals surface area contributed by atoms with E-state index in [4.69, 9.17) is 16.3 Å². The Morgan fingerprint density at radius 1 is 1.12 bits per heavy atom. The standard InChI is InChI=1S/C14H19ClN6O3S/c1-21(2)13-18-12(19-14(20-13)24-3)16-8-9-17-25(22,23)11-6-4-10(15)5-7-11/h4-7,17H,8-9H2,1-3H3,(H,16,18,19,20). The van der Waals surface area contributed by atoms with Crippen LogP contribution in [0.25, 0.3) is 0 Å². The third-order valence-electron chi connectivity index (χ3n) is 3.01. The van der Waals surface area contributed by atoms with E-state index in [1.54, 1.807) is 19.0 Å². The van der Waals surface area contributed by atoms with E-state index >= 15 is 0 Å². The lowest BCUT2D eigenvalue weighted by Crippen LogP contribution is -2.29. The molecule has 0 aliphatic carbocycles. The summed E-state index contributed by atoms with van der Waals surface area (Å²) in [5.41, 5.74) is 0. The lowest BCUT2D eigenvalue weighted by Gasteiger charge is -2.13. The zero-order chi connectivity index (χ0) is 18.4. The van der Waals surface area contributed by atoms with Crippen LogP contribution in [0.4, 0.5) is 11.9 Å². The van der Waals surface area contributed by atoms with Gasteiger partial charge in [0.05, 0.1) is 12.0 Å². The highest BCUT2D eigenvalue weighted by Crippen LogP contribution is 2.14. The molecule has 136 valence electrons. The fraction of sp³-hybridized carbons (Fsp3) is 0.357. The normalized spacial score (nSPS) is 11.2. The zero-order valence-electron chi connectivity index (χ0n) is 14.0. The first-order valence-electron chi connectivity index (χ1n) is 7.28. The maximum Gasteiger partial charge on any atom is 0.322 e. The van der Waals surface area contributed by atoms with Crippen molar-refractivity contribution >= 4 is 33.5 Å². The van der Waals surface area contributed by atoms with Gasteiger partial charge in [-0.1, -0.05) is 11.6 Å². The van der Waals surface area contributed by atoms with E-state index in [2.05, 4.69) is 25.0 Å². The SMILES string of the molecule is COc1nc(NCCNS(=O)(=O)c2ccc(Cl)cc2)nc(N(C)C)n1. The summed E-state index contributed by atoms with van der Waals surface area (Å²) in [4.78, 5) is 14.2. The Kier molecular flexibility index (Phi) is 6.34. The minimum absolute atomic E-state index is 0.147. The lowest BCUT2D eigenvalue weighted by molar-refractivity contribution is 0.379. The van der Waals surface area contributed by atoms with E-state index in [1.165, 1.54) is 31.4 Å². The van der Waals surface area contributed by atoms with E-state index in [0.29, 0.717) is 16.9 Å². The highest BCUT2D eigenvalue weighted by atomic mass is 35.5. The number of sulfonamides is 1. The first kappa shape index (κ1) is 19.2. The van der Waals surface area contributed by atoms with Crippen LogP contribution in [-0.4, -0.2) is 57.7 Å². The zero-order valence-corrected chi connectivity index (χ0v) is 15.6. The number of ether oxygens (including phenoxy) is 1. The summed E-state index contributed by atoms with van der Waals surface area (Å²) in [5, 5.41) is 3.40. The number of hydrogen-bond donors (Lipinski definition) is 2. The van der Waals surface area contributed by atoms with Crippen molar-refractivity contribution in [1.82, 2.24) is 19.7 Å². The van der Waals surface area contributed by atoms with Crippen LogP contribution in [0, 0.1) is 0 Å². The van der Waals surface area contributed by atoms with Gasteiger partial charge in [-0.25, -0.2) is 13.1 Å². The van der Waals surface area contributed by atoms with Crippen LogP contribution in [0.3, 0.4) is 0 Å². The molecule has 0 bridgehead atoms. The topological polar surface area (TPSA) is 109 Å². The maximum absolute atomic E-state index is 12.1. The Hall–Kier alpha value is -2.17. The van der Waals surface area contributed by atoms with Gasteiger partial charge in [0.15, 0.2) is 0 Å². The summed E-state index contributed by atoms with van der Waals surface area (Å²) in [5.74, 6) is 0.720. The van der Waals surface area contributed by atoms with E-state index < -0.39 is 10.0 Å². The van der Waals surface area contributed by atoms with Crippen LogP contribution in [0.2, 0.25) is 5.02 Å². The minimum atomic E-state index is -3.60. The molecule has 0 aliphatic heterocycles. The molecule has 1 aromatic carbocycles. The Bertz CT molecular complexity index is 814. The van der Waals surface area contributed by atoms with Gasteiger partial charge in [0, 0.05) is 32.2 Å². The molecule has 0 amide bonds. The van der Waals surface area contributed by atoms with E-state index in [9.17, 15) is 8.42 Å². The number of methoxy groups -OCH3 is 1. The van der Waals surface area contributed by atoms with Gasteiger partial charge in [-0.15, -0.1) is 0 Å². The third-order valence-corrected chi connectivity index (χ3v) is 4.74. The van der Waals surface area contributed by atoms with Crippen LogP contribution in [0.1, 0.15) is 0 Å². The summed E-state index contributed by atoms with van der Waals surface area (Å²) in [6.45, 7) is 0.434. The number of anilines is 2. The molecule has 0 aliphatic rings. The molecule has 25 heavy (non-hydrogen) atoms. The van der Waals surface area contributed by atoms with Gasteiger partial charge in [-0.2, -0.15) is 15.0 Å². The molecule has 1 aromatic heterocycles. The predicted molar refractivity (Wildman–Crippen MR) is 95.8 cm³/mol. The molecule has 0 saturated carbocycles. The van der Waals surface area contributed by atoms with Crippen molar-refractivity contribution in [2.24, 2.45) is 0 Å². The second kappa shape index (κ2) is 8.28. The molecule has 11 heteroatoms. The Morgan fingerprint density at radius 2 is 1.80 bits per heavy atom. The Morgan fingerprint density at radius 3 is 2.40 bits per heavy atom. The summed E-state index contributed by atoms with van der Waals surface area (Å²) in [6, 6.07) is 6.10. The van der Waals surface area contributed by atoms with Crippen molar-refractivity contribution in [3.63, 3.8) is 0 Å². The summed E-state index contributed by atoms with van der Waals surface area (Å²) in [7, 11) is 1.44. The molecule has 9 nitrogen and oxygen atoms in total. The average Bonchev–Trinajstić information content (AvgIpc) is 2.58. The summed E-state index contributed by atoms with van der Waals surface area (Å²) >= 11 is 5.76. The fourth-order valence-corrected chi connectivity index (χ4v) is 2.93. The number of aromatic nitrogens is 3. The fourth-order valence-electron chi connectivity index (χ4n) is 1.77. The van der Waals surface area contributed by atoms with Gasteiger partial charge in [0.2, 0.25) is 21.9 Å². The summed E-state index contributed by atoms with van der Waals surface area (Å²) in [6.07, 6.45) is 0. The van der Waals surface area contributed by atoms with E-state index in [-0.39, 0.29) is 24.0 Å². The van der Waals surface area contributed by atoms with Crippen molar-refractivity contribution in [3.05, 3.63) is 29.3 Å². The first-order chi connectivity index (χ1) is 11.8. The van der Waals surface area contributed by atoms with Crippen LogP contribution in [0.15, 0.2) is 29.2 Å². The molecule has 0 atom stereocenters. The van der Waals surface area contributed by atoms with Crippen molar-refractivity contribution in [2.45, 2.75) is 4.90 Å². The van der Waals surface area contributed by atoms with E-state index in [1.807, 2.05) is 0 Å². The smallest absolute Gasteiger partial charge is 0.322 e. The Balaban J connectivity index is 1.94. The Labute approximate surface area is 151 Å². The van der Waals surface area contributed by atoms with Gasteiger partial charge in [0.25, 0.3) is 0 Å². The molecular weight excluding hydrogens is 368 g/mol. The molecular formula is C14H19ClN6O3S. The number of nitrogens with zero attached hydrogens (tertiary/aromatic N) is 4. The van der Waals surface area contributed by atoms with E-state index in [0.717, 1.165) is 0 Å². The highest BCUT2D eigenvalue weighted by Gasteiger charge is 2.13. The molecule has 2 rings (SSSR count). The van der Waals surface area contributed by atoms with Crippen LogP contribution in [0.5, 0.6) is 6.01 Å². The lowest BCUT2D eigenvalue weighted by atomic mass is 10.4. The van der Waals surface area contributed by atoms with Crippen molar-refractivity contribution in [2.75, 3.05) is 44.5 Å². The highest BCUT2D eigenvalue weighted by molar-refractivity contribution is 7.89. The number of halogens is 1. The van der Waals surface area contributed by atoms with Crippen molar-refractivity contribution in [3.8, 4) is 6.01 Å². The molecule has 2 N–H and O–H groups in total. The van der Waals surface area contributed by atoms with Crippen molar-refractivity contribution in [1.29, 1.82) is 0 Å². The van der Waals surface area contributed by atoms with Crippen molar-refractivity contribution < 1.29 is 13.2 Å². The number of rotatable bonds is 8. The first-order valence-corrected chi connectivity index (χ1v) is 9.14. The molecule has 1 heterocycles. The second-order valence-electron chi connectivity index (χ2n) is 5.12. The van der Waals surface area contributed by atoms with Crippen LogP contribution in [-0.2, 0) is 10.0 Å². The van der Waals surface area contributed by atoms with Gasteiger partial charge in [-0.05, 0) is 24.3 Å². The van der Waals surface area contributed by atoms with Gasteiger partial charge < -0.3 is 15.0 Å². The molecule has 0 spiro atoms. The largest absolute Gasteiger partial charge is 0.467 e. The van der Waals surface area contributed by atoms with Gasteiger partial charge >= 0.3 is 6.01 Å². The van der Waals surface area contributed by atoms with Crippen LogP contribution >= 0.6 is 11.6 Å². The molecule has 0 fully saturated rings. The molecule has 2 aromatic rings. The monoisotopic (exact) mass is 386 g/mol. The third kappa shape index (κ3) is 5.41. The minimum Gasteiger partial charge on any atom is -0.467 e. The number of benzene rings is 1. The average molecular weight is 387 g/mol. The number of nitrogens with one attached hydrogen (secondary N) is 2. The molecule has 0 saturated heterocycles. The maximum atomic E-state index is 12.1. The predicted octanol–water partition coefficient (Wildman–Crippen LogP) is 0.990.